The molecule has 0 bridgehead atoms. The third-order valence-electron chi connectivity index (χ3n) is 3.50. The Labute approximate surface area is 131 Å². The molecular formula is C16H13N7. The molecule has 112 valence electrons. The number of fused-ring (bicyclic) bond motifs is 1. The largest absolute Gasteiger partial charge is 0.382 e. The molecule has 0 aliphatic rings. The van der Waals surface area contributed by atoms with E-state index in [1.54, 1.807) is 17.1 Å². The summed E-state index contributed by atoms with van der Waals surface area (Å²) in [5.74, 6) is 0.857. The monoisotopic (exact) mass is 303 g/mol. The average Bonchev–Trinajstić information content (AvgIpc) is 3.00. The molecule has 0 saturated carbocycles. The predicted octanol–water partition coefficient (Wildman–Crippen LogP) is 1.91. The first kappa shape index (κ1) is 13.3. The van der Waals surface area contributed by atoms with E-state index in [1.807, 2.05) is 42.5 Å². The van der Waals surface area contributed by atoms with Crippen molar-refractivity contribution in [3.63, 3.8) is 0 Å². The molecular weight excluding hydrogens is 290 g/mol. The Morgan fingerprint density at radius 3 is 2.52 bits per heavy atom. The molecule has 0 aliphatic heterocycles. The highest BCUT2D eigenvalue weighted by Gasteiger charge is 2.14. The fourth-order valence-corrected chi connectivity index (χ4v) is 2.37. The van der Waals surface area contributed by atoms with Crippen LogP contribution in [0, 0.1) is 0 Å². The quantitative estimate of drug-likeness (QED) is 0.621. The zero-order chi connectivity index (χ0) is 15.6. The van der Waals surface area contributed by atoms with Crippen LogP contribution in [-0.2, 0) is 6.54 Å². The Morgan fingerprint density at radius 1 is 0.957 bits per heavy atom. The lowest BCUT2D eigenvalue weighted by atomic mass is 10.2. The van der Waals surface area contributed by atoms with Crippen LogP contribution in [0.2, 0.25) is 0 Å². The standard InChI is InChI=1S/C16H13N7/c17-14-13-16(20-15(19-14)12-6-8-18-9-7-12)23(22-21-13)10-11-4-2-1-3-5-11/h1-9H,10H2,(H2,17,19,20). The second-order valence-electron chi connectivity index (χ2n) is 5.07. The van der Waals surface area contributed by atoms with Gasteiger partial charge in [0.1, 0.15) is 0 Å². The summed E-state index contributed by atoms with van der Waals surface area (Å²) in [6, 6.07) is 13.7. The molecule has 0 radical (unpaired) electrons. The van der Waals surface area contributed by atoms with E-state index in [9.17, 15) is 0 Å². The van der Waals surface area contributed by atoms with Crippen LogP contribution in [0.15, 0.2) is 54.9 Å². The van der Waals surface area contributed by atoms with Crippen LogP contribution < -0.4 is 5.73 Å². The van der Waals surface area contributed by atoms with E-state index in [-0.39, 0.29) is 0 Å². The van der Waals surface area contributed by atoms with Gasteiger partial charge in [-0.25, -0.2) is 14.6 Å². The molecule has 23 heavy (non-hydrogen) atoms. The molecule has 0 atom stereocenters. The minimum atomic E-state index is 0.320. The number of aromatic nitrogens is 6. The van der Waals surface area contributed by atoms with Crippen molar-refractivity contribution in [2.45, 2.75) is 6.54 Å². The second kappa shape index (κ2) is 5.45. The van der Waals surface area contributed by atoms with Crippen molar-refractivity contribution >= 4 is 17.0 Å². The van der Waals surface area contributed by atoms with Gasteiger partial charge in [-0.05, 0) is 17.7 Å². The van der Waals surface area contributed by atoms with Crippen molar-refractivity contribution in [3.8, 4) is 11.4 Å². The first-order valence-corrected chi connectivity index (χ1v) is 7.12. The Balaban J connectivity index is 1.82. The lowest BCUT2D eigenvalue weighted by molar-refractivity contribution is 0.664. The van der Waals surface area contributed by atoms with Crippen molar-refractivity contribution in [2.24, 2.45) is 0 Å². The molecule has 0 aliphatic carbocycles. The molecule has 3 heterocycles. The molecule has 7 heteroatoms. The molecule has 0 spiro atoms. The van der Waals surface area contributed by atoms with Crippen molar-refractivity contribution in [3.05, 3.63) is 60.4 Å². The summed E-state index contributed by atoms with van der Waals surface area (Å²) in [5, 5.41) is 8.26. The lowest BCUT2D eigenvalue weighted by Crippen LogP contribution is -2.04. The van der Waals surface area contributed by atoms with Gasteiger partial charge in [0.2, 0.25) is 0 Å². The Morgan fingerprint density at radius 2 is 1.74 bits per heavy atom. The number of nitrogens with two attached hydrogens (primary N) is 1. The highest BCUT2D eigenvalue weighted by atomic mass is 15.4. The number of pyridine rings is 1. The van der Waals surface area contributed by atoms with Gasteiger partial charge in [-0.3, -0.25) is 4.98 Å². The Bertz CT molecular complexity index is 948. The van der Waals surface area contributed by atoms with Crippen LogP contribution in [0.5, 0.6) is 0 Å². The number of rotatable bonds is 3. The Kier molecular flexibility index (Phi) is 3.16. The molecule has 7 nitrogen and oxygen atoms in total. The van der Waals surface area contributed by atoms with Gasteiger partial charge in [0.05, 0.1) is 6.54 Å². The number of nitrogen functional groups attached to an aromatic ring is 1. The highest BCUT2D eigenvalue weighted by molar-refractivity contribution is 5.83. The van der Waals surface area contributed by atoms with Crippen molar-refractivity contribution in [1.29, 1.82) is 0 Å². The minimum Gasteiger partial charge on any atom is -0.382 e. The van der Waals surface area contributed by atoms with Gasteiger partial charge in [0.25, 0.3) is 0 Å². The highest BCUT2D eigenvalue weighted by Crippen LogP contribution is 2.21. The van der Waals surface area contributed by atoms with Crippen molar-refractivity contribution in [1.82, 2.24) is 29.9 Å². The van der Waals surface area contributed by atoms with E-state index in [0.29, 0.717) is 29.4 Å². The predicted molar refractivity (Wildman–Crippen MR) is 86.3 cm³/mol. The number of hydrogen-bond acceptors (Lipinski definition) is 6. The SMILES string of the molecule is Nc1nc(-c2ccncc2)nc2c1nnn2Cc1ccccc1. The van der Waals surface area contributed by atoms with Crippen LogP contribution in [-0.4, -0.2) is 29.9 Å². The van der Waals surface area contributed by atoms with E-state index in [2.05, 4.69) is 25.3 Å². The first-order valence-electron chi connectivity index (χ1n) is 7.12. The van der Waals surface area contributed by atoms with Crippen LogP contribution in [0.25, 0.3) is 22.6 Å². The van der Waals surface area contributed by atoms with Gasteiger partial charge in [-0.2, -0.15) is 0 Å². The minimum absolute atomic E-state index is 0.320. The maximum Gasteiger partial charge on any atom is 0.184 e. The summed E-state index contributed by atoms with van der Waals surface area (Å²) in [4.78, 5) is 12.9. The van der Waals surface area contributed by atoms with Crippen LogP contribution in [0.3, 0.4) is 0 Å². The van der Waals surface area contributed by atoms with Gasteiger partial charge in [-0.1, -0.05) is 35.5 Å². The molecule has 0 amide bonds. The lowest BCUT2D eigenvalue weighted by Gasteiger charge is -2.04. The van der Waals surface area contributed by atoms with Gasteiger partial charge in [0.15, 0.2) is 22.8 Å². The topological polar surface area (TPSA) is 95.4 Å². The van der Waals surface area contributed by atoms with Gasteiger partial charge in [-0.15, -0.1) is 5.10 Å². The Hall–Kier alpha value is -3.35. The van der Waals surface area contributed by atoms with Crippen LogP contribution in [0.4, 0.5) is 5.82 Å². The average molecular weight is 303 g/mol. The summed E-state index contributed by atoms with van der Waals surface area (Å²) in [6.07, 6.45) is 3.39. The molecule has 0 saturated heterocycles. The molecule has 2 N–H and O–H groups in total. The summed E-state index contributed by atoms with van der Waals surface area (Å²) >= 11 is 0. The fourth-order valence-electron chi connectivity index (χ4n) is 2.37. The number of benzene rings is 1. The summed E-state index contributed by atoms with van der Waals surface area (Å²) in [7, 11) is 0. The molecule has 1 aromatic carbocycles. The van der Waals surface area contributed by atoms with Gasteiger partial charge < -0.3 is 5.73 Å². The molecule has 3 aromatic heterocycles. The third kappa shape index (κ3) is 2.48. The van der Waals surface area contributed by atoms with E-state index in [4.69, 9.17) is 5.73 Å². The fraction of sp³-hybridized carbons (Fsp3) is 0.0625. The van der Waals surface area contributed by atoms with E-state index >= 15 is 0 Å². The molecule has 4 rings (SSSR count). The molecule has 0 unspecified atom stereocenters. The van der Waals surface area contributed by atoms with Gasteiger partial charge >= 0.3 is 0 Å². The van der Waals surface area contributed by atoms with Crippen molar-refractivity contribution in [2.75, 3.05) is 5.73 Å². The second-order valence-corrected chi connectivity index (χ2v) is 5.07. The summed E-state index contributed by atoms with van der Waals surface area (Å²) < 4.78 is 1.73. The zero-order valence-corrected chi connectivity index (χ0v) is 12.2. The zero-order valence-electron chi connectivity index (χ0n) is 12.2. The number of hydrogen-bond donors (Lipinski definition) is 1. The summed E-state index contributed by atoms with van der Waals surface area (Å²) in [5.41, 5.74) is 9.11. The normalized spacial score (nSPS) is 11.0. The van der Waals surface area contributed by atoms with Crippen molar-refractivity contribution < 1.29 is 0 Å². The van der Waals surface area contributed by atoms with Crippen LogP contribution >= 0.6 is 0 Å². The smallest absolute Gasteiger partial charge is 0.184 e. The molecule has 4 aromatic rings. The maximum atomic E-state index is 6.02. The number of anilines is 1. The van der Waals surface area contributed by atoms with Gasteiger partial charge in [0, 0.05) is 18.0 Å². The van der Waals surface area contributed by atoms with E-state index in [1.165, 1.54) is 0 Å². The molecule has 0 fully saturated rings. The van der Waals surface area contributed by atoms with E-state index in [0.717, 1.165) is 11.1 Å². The van der Waals surface area contributed by atoms with Crippen LogP contribution in [0.1, 0.15) is 5.56 Å². The summed E-state index contributed by atoms with van der Waals surface area (Å²) in [6.45, 7) is 0.573. The maximum absolute atomic E-state index is 6.02. The third-order valence-corrected chi connectivity index (χ3v) is 3.50. The number of nitrogens with zero attached hydrogens (tertiary/aromatic N) is 6. The first-order chi connectivity index (χ1) is 11.3. The van der Waals surface area contributed by atoms with E-state index < -0.39 is 0 Å².